The molecule has 0 heterocycles. The van der Waals surface area contributed by atoms with Crippen LogP contribution in [0.1, 0.15) is 5.56 Å². The average Bonchev–Trinajstić information content (AvgIpc) is 2.61. The lowest BCUT2D eigenvalue weighted by atomic mass is 10.2. The van der Waals surface area contributed by atoms with Gasteiger partial charge in [-0.1, -0.05) is 60.7 Å². The van der Waals surface area contributed by atoms with Crippen LogP contribution in [0.15, 0.2) is 72.8 Å². The first-order valence-corrected chi connectivity index (χ1v) is 8.92. The Labute approximate surface area is 134 Å². The summed E-state index contributed by atoms with van der Waals surface area (Å²) in [6, 6.07) is 20.0. The van der Waals surface area contributed by atoms with Crippen LogP contribution < -0.4 is 15.9 Å². The molecular weight excluding hydrogens is 313 g/mol. The van der Waals surface area contributed by atoms with Crippen molar-refractivity contribution in [1.82, 2.24) is 0 Å². The van der Waals surface area contributed by atoms with Gasteiger partial charge < -0.3 is 4.57 Å². The summed E-state index contributed by atoms with van der Waals surface area (Å²) in [5.74, 6) is -1.39. The number of hydrogen-bond donors (Lipinski definition) is 0. The predicted molar refractivity (Wildman–Crippen MR) is 90.5 cm³/mol. The first-order valence-electron chi connectivity index (χ1n) is 7.21. The molecule has 0 atom stereocenters. The Morgan fingerprint density at radius 1 is 0.739 bits per heavy atom. The molecule has 3 aromatic carbocycles. The third-order valence-electron chi connectivity index (χ3n) is 3.88. The van der Waals surface area contributed by atoms with E-state index in [-0.39, 0.29) is 10.9 Å². The summed E-state index contributed by atoms with van der Waals surface area (Å²) in [7, 11) is -3.40. The van der Waals surface area contributed by atoms with Crippen molar-refractivity contribution in [3.63, 3.8) is 0 Å². The van der Waals surface area contributed by atoms with Crippen LogP contribution in [-0.4, -0.2) is 0 Å². The lowest BCUT2D eigenvalue weighted by molar-refractivity contribution is 0.569. The first-order chi connectivity index (χ1) is 11.0. The molecule has 0 aromatic heterocycles. The molecule has 0 spiro atoms. The Bertz CT molecular complexity index is 833. The Morgan fingerprint density at radius 2 is 1.22 bits per heavy atom. The van der Waals surface area contributed by atoms with E-state index < -0.39 is 18.8 Å². The third kappa shape index (κ3) is 2.62. The molecule has 23 heavy (non-hydrogen) atoms. The molecule has 0 aliphatic rings. The van der Waals surface area contributed by atoms with Gasteiger partial charge in [-0.15, -0.1) is 0 Å². The van der Waals surface area contributed by atoms with Gasteiger partial charge in [0.05, 0.1) is 5.30 Å². The average molecular weight is 328 g/mol. The SMILES string of the molecule is Cc1c(F)ccc(P(=O)(c2ccccc2)c2ccccc2)c1F. The lowest BCUT2D eigenvalue weighted by Crippen LogP contribution is -2.27. The highest BCUT2D eigenvalue weighted by Gasteiger charge is 2.33. The summed E-state index contributed by atoms with van der Waals surface area (Å²) in [5, 5.41) is 1.08. The Morgan fingerprint density at radius 3 is 1.70 bits per heavy atom. The maximum atomic E-state index is 14.7. The van der Waals surface area contributed by atoms with Crippen molar-refractivity contribution >= 4 is 23.1 Å². The zero-order valence-electron chi connectivity index (χ0n) is 12.5. The van der Waals surface area contributed by atoms with E-state index in [4.69, 9.17) is 0 Å². The largest absolute Gasteiger partial charge is 0.309 e. The minimum Gasteiger partial charge on any atom is -0.309 e. The van der Waals surface area contributed by atoms with Crippen LogP contribution in [0.5, 0.6) is 0 Å². The van der Waals surface area contributed by atoms with Crippen LogP contribution >= 0.6 is 7.14 Å². The monoisotopic (exact) mass is 328 g/mol. The van der Waals surface area contributed by atoms with Crippen molar-refractivity contribution in [2.24, 2.45) is 0 Å². The standard InChI is InChI=1S/C19H15F2OP/c1-14-17(20)12-13-18(19(14)21)23(22,15-8-4-2-5-9-15)16-10-6-3-7-11-16/h2-13H,1H3. The summed E-state index contributed by atoms with van der Waals surface area (Å²) in [4.78, 5) is 0. The highest BCUT2D eigenvalue weighted by Crippen LogP contribution is 2.43. The summed E-state index contributed by atoms with van der Waals surface area (Å²) in [5.41, 5.74) is -0.116. The van der Waals surface area contributed by atoms with Crippen LogP contribution in [0.25, 0.3) is 0 Å². The van der Waals surface area contributed by atoms with Crippen molar-refractivity contribution in [2.75, 3.05) is 0 Å². The minimum atomic E-state index is -3.40. The second kappa shape index (κ2) is 6.10. The number of halogens is 2. The van der Waals surface area contributed by atoms with E-state index >= 15 is 0 Å². The molecule has 0 N–H and O–H groups in total. The molecule has 0 amide bonds. The number of benzene rings is 3. The maximum absolute atomic E-state index is 14.7. The van der Waals surface area contributed by atoms with E-state index in [0.717, 1.165) is 0 Å². The van der Waals surface area contributed by atoms with Crippen LogP contribution in [0, 0.1) is 18.6 Å². The van der Waals surface area contributed by atoms with Crippen LogP contribution in [0.3, 0.4) is 0 Å². The van der Waals surface area contributed by atoms with Crippen molar-refractivity contribution in [3.05, 3.63) is 90.0 Å². The normalized spacial score (nSPS) is 11.4. The van der Waals surface area contributed by atoms with Gasteiger partial charge in [-0.25, -0.2) is 8.78 Å². The zero-order valence-corrected chi connectivity index (χ0v) is 13.4. The topological polar surface area (TPSA) is 17.1 Å². The van der Waals surface area contributed by atoms with Crippen LogP contribution in [0.4, 0.5) is 8.78 Å². The fraction of sp³-hybridized carbons (Fsp3) is 0.0526. The van der Waals surface area contributed by atoms with Gasteiger partial charge in [-0.05, 0) is 19.1 Å². The molecule has 0 aliphatic heterocycles. The first kappa shape index (κ1) is 15.6. The molecule has 0 aliphatic carbocycles. The quantitative estimate of drug-likeness (QED) is 0.666. The second-order valence-corrected chi connectivity index (χ2v) is 8.02. The fourth-order valence-electron chi connectivity index (χ4n) is 2.59. The van der Waals surface area contributed by atoms with Crippen molar-refractivity contribution in [1.29, 1.82) is 0 Å². The van der Waals surface area contributed by atoms with E-state index in [1.165, 1.54) is 19.1 Å². The van der Waals surface area contributed by atoms with Crippen LogP contribution in [-0.2, 0) is 4.57 Å². The van der Waals surface area contributed by atoms with E-state index in [1.54, 1.807) is 48.5 Å². The molecule has 0 fully saturated rings. The zero-order chi connectivity index (χ0) is 16.4. The fourth-order valence-corrected chi connectivity index (χ4v) is 5.36. The highest BCUT2D eigenvalue weighted by atomic mass is 31.2. The summed E-state index contributed by atoms with van der Waals surface area (Å²) >= 11 is 0. The minimum absolute atomic E-state index is 0.0359. The molecule has 4 heteroatoms. The summed E-state index contributed by atoms with van der Waals surface area (Å²) in [6.07, 6.45) is 0. The predicted octanol–water partition coefficient (Wildman–Crippen LogP) is 3.91. The van der Waals surface area contributed by atoms with Crippen molar-refractivity contribution in [2.45, 2.75) is 6.92 Å². The molecule has 0 saturated carbocycles. The Balaban J connectivity index is 2.35. The van der Waals surface area contributed by atoms with E-state index in [1.807, 2.05) is 12.1 Å². The molecule has 0 unspecified atom stereocenters. The molecule has 116 valence electrons. The molecule has 1 nitrogen and oxygen atoms in total. The molecule has 3 rings (SSSR count). The lowest BCUT2D eigenvalue weighted by Gasteiger charge is -2.21. The van der Waals surface area contributed by atoms with Gasteiger partial charge in [0.1, 0.15) is 11.6 Å². The van der Waals surface area contributed by atoms with E-state index in [2.05, 4.69) is 0 Å². The van der Waals surface area contributed by atoms with Gasteiger partial charge >= 0.3 is 0 Å². The van der Waals surface area contributed by atoms with Gasteiger partial charge in [0.25, 0.3) is 0 Å². The third-order valence-corrected chi connectivity index (χ3v) is 6.95. The summed E-state index contributed by atoms with van der Waals surface area (Å²) in [6.45, 7) is 1.36. The molecule has 3 aromatic rings. The maximum Gasteiger partial charge on any atom is 0.173 e. The molecule has 0 saturated heterocycles. The summed E-state index contributed by atoms with van der Waals surface area (Å²) < 4.78 is 42.3. The Hall–Kier alpha value is -2.25. The van der Waals surface area contributed by atoms with Gasteiger partial charge in [0.2, 0.25) is 0 Å². The van der Waals surface area contributed by atoms with Gasteiger partial charge in [-0.3, -0.25) is 0 Å². The van der Waals surface area contributed by atoms with E-state index in [9.17, 15) is 13.3 Å². The highest BCUT2D eigenvalue weighted by molar-refractivity contribution is 7.85. The van der Waals surface area contributed by atoms with Crippen molar-refractivity contribution in [3.8, 4) is 0 Å². The van der Waals surface area contributed by atoms with Crippen LogP contribution in [0.2, 0.25) is 0 Å². The molecule has 0 bridgehead atoms. The van der Waals surface area contributed by atoms with E-state index in [0.29, 0.717) is 10.6 Å². The van der Waals surface area contributed by atoms with Gasteiger partial charge in [-0.2, -0.15) is 0 Å². The molecular formula is C19H15F2OP. The van der Waals surface area contributed by atoms with Crippen molar-refractivity contribution < 1.29 is 13.3 Å². The van der Waals surface area contributed by atoms with Gasteiger partial charge in [0, 0.05) is 16.2 Å². The number of rotatable bonds is 3. The second-order valence-electron chi connectivity index (χ2n) is 5.29. The smallest absolute Gasteiger partial charge is 0.173 e. The number of hydrogen-bond acceptors (Lipinski definition) is 1. The molecule has 0 radical (unpaired) electrons. The Kier molecular flexibility index (Phi) is 4.14. The van der Waals surface area contributed by atoms with Gasteiger partial charge in [0.15, 0.2) is 7.14 Å².